The fraction of sp³-hybridized carbons (Fsp3) is 0.400. The first-order chi connectivity index (χ1) is 8.88. The molecule has 2 N–H and O–H groups in total. The molecule has 1 unspecified atom stereocenters. The fourth-order valence-electron chi connectivity index (χ4n) is 2.32. The predicted molar refractivity (Wildman–Crippen MR) is 72.3 cm³/mol. The van der Waals surface area contributed by atoms with Gasteiger partial charge in [-0.3, -0.25) is 4.98 Å². The van der Waals surface area contributed by atoms with Crippen molar-refractivity contribution in [3.63, 3.8) is 0 Å². The maximum Gasteiger partial charge on any atom is 0.0627 e. The Bertz CT molecular complexity index is 532. The van der Waals surface area contributed by atoms with Crippen LogP contribution in [0.1, 0.15) is 24.4 Å². The van der Waals surface area contributed by atoms with E-state index in [1.54, 1.807) is 0 Å². The molecule has 1 aliphatic carbocycles. The van der Waals surface area contributed by atoms with Crippen LogP contribution in [0.4, 0.5) is 0 Å². The Kier molecular flexibility index (Phi) is 3.26. The molecule has 1 heterocycles. The highest BCUT2D eigenvalue weighted by atomic mass is 16.3. The van der Waals surface area contributed by atoms with Crippen LogP contribution >= 0.6 is 0 Å². The van der Waals surface area contributed by atoms with Gasteiger partial charge in [-0.1, -0.05) is 24.3 Å². The standard InChI is InChI=1S/C15H18N2O/c18-10-15(17-7-11-5-6-11)14-9-16-8-12-3-1-2-4-13(12)14/h1-4,8-9,11,15,17-18H,5-7,10H2. The lowest BCUT2D eigenvalue weighted by Gasteiger charge is -2.18. The molecule has 1 saturated carbocycles. The lowest BCUT2D eigenvalue weighted by Crippen LogP contribution is -2.26. The number of fused-ring (bicyclic) bond motifs is 1. The summed E-state index contributed by atoms with van der Waals surface area (Å²) in [6, 6.07) is 8.18. The van der Waals surface area contributed by atoms with Crippen LogP contribution in [0.2, 0.25) is 0 Å². The van der Waals surface area contributed by atoms with Crippen molar-refractivity contribution in [2.45, 2.75) is 18.9 Å². The van der Waals surface area contributed by atoms with E-state index in [4.69, 9.17) is 0 Å². The minimum absolute atomic E-state index is 0.0100. The Morgan fingerprint density at radius 1 is 1.28 bits per heavy atom. The Morgan fingerprint density at radius 2 is 2.11 bits per heavy atom. The van der Waals surface area contributed by atoms with Crippen LogP contribution in [0.25, 0.3) is 10.8 Å². The number of nitrogens with zero attached hydrogens (tertiary/aromatic N) is 1. The molecule has 1 aliphatic rings. The van der Waals surface area contributed by atoms with Crippen molar-refractivity contribution in [1.82, 2.24) is 10.3 Å². The van der Waals surface area contributed by atoms with Gasteiger partial charge in [0.05, 0.1) is 12.6 Å². The average molecular weight is 242 g/mol. The number of aromatic nitrogens is 1. The lowest BCUT2D eigenvalue weighted by atomic mass is 10.0. The number of hydrogen-bond acceptors (Lipinski definition) is 3. The van der Waals surface area contributed by atoms with Gasteiger partial charge in [0.1, 0.15) is 0 Å². The highest BCUT2D eigenvalue weighted by molar-refractivity contribution is 5.85. The van der Waals surface area contributed by atoms with Crippen LogP contribution in [0.5, 0.6) is 0 Å². The zero-order valence-corrected chi connectivity index (χ0v) is 10.3. The second-order valence-electron chi connectivity index (χ2n) is 5.04. The number of nitrogens with one attached hydrogen (secondary N) is 1. The minimum atomic E-state index is -0.0100. The van der Waals surface area contributed by atoms with Crippen molar-refractivity contribution >= 4 is 10.8 Å². The third-order valence-corrected chi connectivity index (χ3v) is 3.61. The van der Waals surface area contributed by atoms with Gasteiger partial charge in [-0.15, -0.1) is 0 Å². The second-order valence-corrected chi connectivity index (χ2v) is 5.04. The SMILES string of the molecule is OCC(NCC1CC1)c1cncc2ccccc12. The molecular formula is C15H18N2O. The van der Waals surface area contributed by atoms with Gasteiger partial charge in [0.15, 0.2) is 0 Å². The number of rotatable bonds is 5. The first-order valence-electron chi connectivity index (χ1n) is 6.55. The molecule has 2 aromatic rings. The lowest BCUT2D eigenvalue weighted by molar-refractivity contribution is 0.244. The first kappa shape index (κ1) is 11.6. The molecule has 0 radical (unpaired) electrons. The van der Waals surface area contributed by atoms with Crippen LogP contribution in [0.15, 0.2) is 36.7 Å². The van der Waals surface area contributed by atoms with E-state index < -0.39 is 0 Å². The maximum atomic E-state index is 9.58. The molecule has 0 bridgehead atoms. The van der Waals surface area contributed by atoms with Gasteiger partial charge in [-0.05, 0) is 36.3 Å². The van der Waals surface area contributed by atoms with Crippen molar-refractivity contribution in [2.24, 2.45) is 5.92 Å². The third kappa shape index (κ3) is 2.37. The summed E-state index contributed by atoms with van der Waals surface area (Å²) < 4.78 is 0. The van der Waals surface area contributed by atoms with Crippen molar-refractivity contribution < 1.29 is 5.11 Å². The summed E-state index contributed by atoms with van der Waals surface area (Å²) in [6.45, 7) is 1.11. The molecule has 1 aromatic carbocycles. The molecule has 3 nitrogen and oxygen atoms in total. The Morgan fingerprint density at radius 3 is 2.89 bits per heavy atom. The normalized spacial score (nSPS) is 16.9. The molecule has 0 saturated heterocycles. The van der Waals surface area contributed by atoms with E-state index in [0.717, 1.165) is 23.4 Å². The Hall–Kier alpha value is -1.45. The number of benzene rings is 1. The van der Waals surface area contributed by atoms with Crippen molar-refractivity contribution in [3.05, 3.63) is 42.2 Å². The third-order valence-electron chi connectivity index (χ3n) is 3.61. The van der Waals surface area contributed by atoms with E-state index >= 15 is 0 Å². The summed E-state index contributed by atoms with van der Waals surface area (Å²) in [5, 5.41) is 15.3. The average Bonchev–Trinajstić information content (AvgIpc) is 3.24. The molecule has 3 heteroatoms. The van der Waals surface area contributed by atoms with Gasteiger partial charge < -0.3 is 10.4 Å². The topological polar surface area (TPSA) is 45.1 Å². The van der Waals surface area contributed by atoms with E-state index in [1.807, 2.05) is 24.5 Å². The van der Waals surface area contributed by atoms with Crippen LogP contribution < -0.4 is 5.32 Å². The molecule has 18 heavy (non-hydrogen) atoms. The van der Waals surface area contributed by atoms with E-state index in [1.165, 1.54) is 18.2 Å². The Labute approximate surface area is 107 Å². The number of aliphatic hydroxyl groups is 1. The molecule has 3 rings (SSSR count). The quantitative estimate of drug-likeness (QED) is 0.845. The molecule has 1 fully saturated rings. The molecule has 94 valence electrons. The number of pyridine rings is 1. The van der Waals surface area contributed by atoms with E-state index in [0.29, 0.717) is 0 Å². The van der Waals surface area contributed by atoms with Crippen molar-refractivity contribution in [3.8, 4) is 0 Å². The Balaban J connectivity index is 1.89. The zero-order valence-electron chi connectivity index (χ0n) is 10.3. The van der Waals surface area contributed by atoms with Gasteiger partial charge >= 0.3 is 0 Å². The number of aliphatic hydroxyl groups excluding tert-OH is 1. The molecule has 1 atom stereocenters. The first-order valence-corrected chi connectivity index (χ1v) is 6.55. The van der Waals surface area contributed by atoms with E-state index in [-0.39, 0.29) is 12.6 Å². The molecule has 0 amide bonds. The van der Waals surface area contributed by atoms with E-state index in [2.05, 4.69) is 22.4 Å². The largest absolute Gasteiger partial charge is 0.394 e. The maximum absolute atomic E-state index is 9.58. The highest BCUT2D eigenvalue weighted by Crippen LogP contribution is 2.29. The van der Waals surface area contributed by atoms with Gasteiger partial charge in [0, 0.05) is 17.8 Å². The fourth-order valence-corrected chi connectivity index (χ4v) is 2.32. The van der Waals surface area contributed by atoms with Crippen LogP contribution in [-0.2, 0) is 0 Å². The zero-order chi connectivity index (χ0) is 12.4. The van der Waals surface area contributed by atoms with Crippen LogP contribution in [0.3, 0.4) is 0 Å². The highest BCUT2D eigenvalue weighted by Gasteiger charge is 2.23. The summed E-state index contributed by atoms with van der Waals surface area (Å²) >= 11 is 0. The van der Waals surface area contributed by atoms with E-state index in [9.17, 15) is 5.11 Å². The number of hydrogen-bond donors (Lipinski definition) is 2. The van der Waals surface area contributed by atoms with Crippen molar-refractivity contribution in [1.29, 1.82) is 0 Å². The molecule has 1 aromatic heterocycles. The minimum Gasteiger partial charge on any atom is -0.394 e. The smallest absolute Gasteiger partial charge is 0.0627 e. The second kappa shape index (κ2) is 5.04. The van der Waals surface area contributed by atoms with Gasteiger partial charge in [-0.25, -0.2) is 0 Å². The van der Waals surface area contributed by atoms with Crippen molar-refractivity contribution in [2.75, 3.05) is 13.2 Å². The predicted octanol–water partition coefficient (Wildman–Crippen LogP) is 2.27. The summed E-state index contributed by atoms with van der Waals surface area (Å²) in [7, 11) is 0. The molecular weight excluding hydrogens is 224 g/mol. The summed E-state index contributed by atoms with van der Waals surface area (Å²) in [4.78, 5) is 4.27. The summed E-state index contributed by atoms with van der Waals surface area (Å²) in [5.41, 5.74) is 1.09. The van der Waals surface area contributed by atoms with Crippen LogP contribution in [-0.4, -0.2) is 23.2 Å². The van der Waals surface area contributed by atoms with Gasteiger partial charge in [0.2, 0.25) is 0 Å². The molecule has 0 spiro atoms. The summed E-state index contributed by atoms with van der Waals surface area (Å²) in [5.74, 6) is 0.807. The van der Waals surface area contributed by atoms with Crippen LogP contribution in [0, 0.1) is 5.92 Å². The summed E-state index contributed by atoms with van der Waals surface area (Å²) in [6.07, 6.45) is 6.37. The van der Waals surface area contributed by atoms with Gasteiger partial charge in [0.25, 0.3) is 0 Å². The van der Waals surface area contributed by atoms with Gasteiger partial charge in [-0.2, -0.15) is 0 Å². The molecule has 0 aliphatic heterocycles. The monoisotopic (exact) mass is 242 g/mol.